The number of nitrogens with one attached hydrogen (secondary N) is 1. The topological polar surface area (TPSA) is 49.4 Å². The molecule has 0 aromatic heterocycles. The summed E-state index contributed by atoms with van der Waals surface area (Å²) in [5.74, 6) is -0.943. The zero-order valence-electron chi connectivity index (χ0n) is 14.1. The highest BCUT2D eigenvalue weighted by atomic mass is 35.5. The lowest BCUT2D eigenvalue weighted by Gasteiger charge is -2.18. The van der Waals surface area contributed by atoms with Crippen LogP contribution in [0.2, 0.25) is 10.0 Å². The van der Waals surface area contributed by atoms with E-state index in [0.717, 1.165) is 12.1 Å². The maximum atomic E-state index is 12.6. The van der Waals surface area contributed by atoms with Crippen molar-refractivity contribution in [3.05, 3.63) is 69.2 Å². The fraction of sp³-hybridized carbons (Fsp3) is 0.222. The van der Waals surface area contributed by atoms with E-state index < -0.39 is 23.6 Å². The molecule has 27 heavy (non-hydrogen) atoms. The van der Waals surface area contributed by atoms with Gasteiger partial charge >= 0.3 is 6.18 Å². The van der Waals surface area contributed by atoms with Crippen molar-refractivity contribution in [1.82, 2.24) is 10.2 Å². The fourth-order valence-corrected chi connectivity index (χ4v) is 2.72. The molecule has 2 rings (SSSR count). The second-order valence-electron chi connectivity index (χ2n) is 5.75. The van der Waals surface area contributed by atoms with Crippen LogP contribution in [-0.2, 0) is 17.5 Å². The first-order valence-corrected chi connectivity index (χ1v) is 8.47. The van der Waals surface area contributed by atoms with Gasteiger partial charge in [0.25, 0.3) is 5.91 Å². The second kappa shape index (κ2) is 8.63. The lowest BCUT2D eigenvalue weighted by Crippen LogP contribution is -2.37. The number of likely N-dealkylation sites (N-methyl/N-ethyl adjacent to an activating group) is 1. The van der Waals surface area contributed by atoms with E-state index in [4.69, 9.17) is 23.2 Å². The predicted octanol–water partition coefficient (Wildman–Crippen LogP) is 4.40. The average Bonchev–Trinajstić information content (AvgIpc) is 2.59. The van der Waals surface area contributed by atoms with Crippen molar-refractivity contribution in [2.24, 2.45) is 0 Å². The van der Waals surface area contributed by atoms with E-state index in [-0.39, 0.29) is 23.7 Å². The van der Waals surface area contributed by atoms with Gasteiger partial charge in [-0.1, -0.05) is 35.3 Å². The molecular formula is C18H15Cl2F3N2O2. The Morgan fingerprint density at radius 3 is 2.26 bits per heavy atom. The van der Waals surface area contributed by atoms with Gasteiger partial charge in [0.05, 0.1) is 22.7 Å². The molecule has 0 unspecified atom stereocenters. The van der Waals surface area contributed by atoms with Gasteiger partial charge in [-0.3, -0.25) is 9.59 Å². The Bertz CT molecular complexity index is 839. The Kier molecular flexibility index (Phi) is 6.73. The highest BCUT2D eigenvalue weighted by Crippen LogP contribution is 2.29. The average molecular weight is 419 g/mol. The van der Waals surface area contributed by atoms with Crippen LogP contribution in [0.25, 0.3) is 0 Å². The Hall–Kier alpha value is -2.25. The summed E-state index contributed by atoms with van der Waals surface area (Å²) in [6.07, 6.45) is -4.41. The van der Waals surface area contributed by atoms with Crippen LogP contribution in [0.4, 0.5) is 13.2 Å². The van der Waals surface area contributed by atoms with Crippen molar-refractivity contribution in [3.63, 3.8) is 0 Å². The minimum absolute atomic E-state index is 0.106. The first-order valence-electron chi connectivity index (χ1n) is 7.71. The summed E-state index contributed by atoms with van der Waals surface area (Å²) in [5.41, 5.74) is -0.0440. The van der Waals surface area contributed by atoms with Crippen LogP contribution in [0.3, 0.4) is 0 Å². The second-order valence-corrected chi connectivity index (χ2v) is 6.59. The number of hydrogen-bond acceptors (Lipinski definition) is 2. The van der Waals surface area contributed by atoms with Gasteiger partial charge in [-0.2, -0.15) is 13.2 Å². The molecule has 0 saturated carbocycles. The van der Waals surface area contributed by atoms with Gasteiger partial charge in [0.2, 0.25) is 5.91 Å². The maximum Gasteiger partial charge on any atom is 0.416 e. The third kappa shape index (κ3) is 5.87. The highest BCUT2D eigenvalue weighted by Gasteiger charge is 2.30. The molecule has 0 fully saturated rings. The van der Waals surface area contributed by atoms with Crippen LogP contribution in [0.5, 0.6) is 0 Å². The third-order valence-corrected chi connectivity index (χ3v) is 4.25. The number of halogens is 5. The molecule has 0 saturated heterocycles. The lowest BCUT2D eigenvalue weighted by molar-refractivity contribution is -0.137. The number of carbonyl (C=O) groups is 2. The van der Waals surface area contributed by atoms with E-state index in [2.05, 4.69) is 5.32 Å². The van der Waals surface area contributed by atoms with E-state index >= 15 is 0 Å². The zero-order valence-corrected chi connectivity index (χ0v) is 15.6. The van der Waals surface area contributed by atoms with Crippen LogP contribution in [0.1, 0.15) is 21.5 Å². The minimum atomic E-state index is -4.41. The van der Waals surface area contributed by atoms with Crippen LogP contribution < -0.4 is 5.32 Å². The molecule has 0 aliphatic carbocycles. The van der Waals surface area contributed by atoms with Gasteiger partial charge in [-0.25, -0.2) is 0 Å². The molecule has 4 nitrogen and oxygen atoms in total. The van der Waals surface area contributed by atoms with Crippen molar-refractivity contribution in [2.75, 3.05) is 13.6 Å². The van der Waals surface area contributed by atoms with Crippen molar-refractivity contribution in [2.45, 2.75) is 12.7 Å². The molecular weight excluding hydrogens is 404 g/mol. The summed E-state index contributed by atoms with van der Waals surface area (Å²) in [6, 6.07) is 8.88. The Balaban J connectivity index is 1.91. The van der Waals surface area contributed by atoms with Crippen molar-refractivity contribution < 1.29 is 22.8 Å². The number of alkyl halides is 3. The first-order chi connectivity index (χ1) is 12.6. The first kappa shape index (κ1) is 21.1. The van der Waals surface area contributed by atoms with Gasteiger partial charge in [-0.05, 0) is 35.9 Å². The molecule has 0 atom stereocenters. The normalized spacial score (nSPS) is 11.2. The van der Waals surface area contributed by atoms with Crippen LogP contribution in [0, 0.1) is 0 Å². The van der Waals surface area contributed by atoms with E-state index in [1.807, 2.05) is 0 Å². The molecule has 2 amide bonds. The Morgan fingerprint density at radius 2 is 1.70 bits per heavy atom. The predicted molar refractivity (Wildman–Crippen MR) is 96.7 cm³/mol. The van der Waals surface area contributed by atoms with Gasteiger partial charge in [-0.15, -0.1) is 0 Å². The van der Waals surface area contributed by atoms with Gasteiger partial charge in [0.15, 0.2) is 0 Å². The maximum absolute atomic E-state index is 12.6. The zero-order chi connectivity index (χ0) is 20.2. The molecule has 0 aliphatic heterocycles. The summed E-state index contributed by atoms with van der Waals surface area (Å²) >= 11 is 11.7. The lowest BCUT2D eigenvalue weighted by atomic mass is 10.1. The highest BCUT2D eigenvalue weighted by molar-refractivity contribution is 6.36. The molecule has 0 bridgehead atoms. The molecule has 0 radical (unpaired) electrons. The smallest absolute Gasteiger partial charge is 0.343 e. The van der Waals surface area contributed by atoms with Crippen molar-refractivity contribution in [3.8, 4) is 0 Å². The van der Waals surface area contributed by atoms with Gasteiger partial charge in [0, 0.05) is 18.6 Å². The number of carbonyl (C=O) groups excluding carboxylic acids is 2. The van der Waals surface area contributed by atoms with Crippen molar-refractivity contribution in [1.29, 1.82) is 0 Å². The Labute approximate surface area is 163 Å². The van der Waals surface area contributed by atoms with Crippen LogP contribution >= 0.6 is 23.2 Å². The monoisotopic (exact) mass is 418 g/mol. The van der Waals surface area contributed by atoms with Crippen LogP contribution in [0.15, 0.2) is 42.5 Å². The SMILES string of the molecule is CN(Cc1ccc(C(F)(F)F)cc1)C(=O)CNC(=O)c1ccc(Cl)cc1Cl. The molecule has 0 spiro atoms. The number of rotatable bonds is 5. The summed E-state index contributed by atoms with van der Waals surface area (Å²) < 4.78 is 37.7. The summed E-state index contributed by atoms with van der Waals surface area (Å²) in [7, 11) is 1.49. The molecule has 0 heterocycles. The molecule has 2 aromatic rings. The molecule has 2 aromatic carbocycles. The summed E-state index contributed by atoms with van der Waals surface area (Å²) in [4.78, 5) is 25.5. The number of hydrogen-bond donors (Lipinski definition) is 1. The minimum Gasteiger partial charge on any atom is -0.343 e. The van der Waals surface area contributed by atoms with Crippen molar-refractivity contribution >= 4 is 35.0 Å². The standard InChI is InChI=1S/C18H15Cl2F3N2O2/c1-25(10-11-2-4-12(5-3-11)18(21,22)23)16(26)9-24-17(27)14-7-6-13(19)8-15(14)20/h2-8H,9-10H2,1H3,(H,24,27). The fourth-order valence-electron chi connectivity index (χ4n) is 2.22. The quantitative estimate of drug-likeness (QED) is 0.781. The third-order valence-electron chi connectivity index (χ3n) is 3.70. The summed E-state index contributed by atoms with van der Waals surface area (Å²) in [6.45, 7) is -0.177. The van der Waals surface area contributed by atoms with E-state index in [1.54, 1.807) is 0 Å². The Morgan fingerprint density at radius 1 is 1.07 bits per heavy atom. The van der Waals surface area contributed by atoms with Gasteiger partial charge < -0.3 is 10.2 Å². The molecule has 1 N–H and O–H groups in total. The van der Waals surface area contributed by atoms with E-state index in [9.17, 15) is 22.8 Å². The number of nitrogens with zero attached hydrogens (tertiary/aromatic N) is 1. The van der Waals surface area contributed by atoms with E-state index in [0.29, 0.717) is 10.6 Å². The molecule has 144 valence electrons. The molecule has 9 heteroatoms. The van der Waals surface area contributed by atoms with Gasteiger partial charge in [0.1, 0.15) is 0 Å². The largest absolute Gasteiger partial charge is 0.416 e. The summed E-state index contributed by atoms with van der Waals surface area (Å²) in [5, 5.41) is 2.98. The van der Waals surface area contributed by atoms with Crippen LogP contribution in [-0.4, -0.2) is 30.3 Å². The number of benzene rings is 2. The molecule has 0 aliphatic rings. The number of amides is 2. The van der Waals surface area contributed by atoms with E-state index in [1.165, 1.54) is 42.3 Å².